The van der Waals surface area contributed by atoms with E-state index in [4.69, 9.17) is 0 Å². The Morgan fingerprint density at radius 3 is 2.79 bits per heavy atom. The van der Waals surface area contributed by atoms with Crippen LogP contribution in [0.3, 0.4) is 0 Å². The minimum atomic E-state index is 0.687. The monoisotopic (exact) mass is 312 g/mol. The molecule has 0 radical (unpaired) electrons. The Morgan fingerprint density at radius 2 is 1.92 bits per heavy atom. The summed E-state index contributed by atoms with van der Waals surface area (Å²) in [6, 6.07) is 15.5. The van der Waals surface area contributed by atoms with Crippen molar-refractivity contribution in [1.82, 2.24) is 0 Å². The number of hydrogen-bond acceptors (Lipinski definition) is 0. The van der Waals surface area contributed by atoms with Gasteiger partial charge in [-0.25, -0.2) is 0 Å². The summed E-state index contributed by atoms with van der Waals surface area (Å²) in [5.41, 5.74) is 8.74. The number of rotatable bonds is 5. The first-order chi connectivity index (χ1) is 11.8. The minimum absolute atomic E-state index is 0.687. The van der Waals surface area contributed by atoms with Gasteiger partial charge in [0.25, 0.3) is 0 Å². The molecule has 0 saturated carbocycles. The van der Waals surface area contributed by atoms with E-state index in [0.717, 1.165) is 19.3 Å². The van der Waals surface area contributed by atoms with Crippen molar-refractivity contribution in [3.05, 3.63) is 89.0 Å². The molecule has 0 bridgehead atoms. The van der Waals surface area contributed by atoms with Gasteiger partial charge >= 0.3 is 0 Å². The molecule has 1 unspecified atom stereocenters. The zero-order valence-electron chi connectivity index (χ0n) is 14.3. The Bertz CT molecular complexity index is 833. The molecule has 2 aliphatic rings. The fourth-order valence-corrected chi connectivity index (χ4v) is 3.93. The van der Waals surface area contributed by atoms with Crippen LogP contribution in [0.4, 0.5) is 0 Å². The quantitative estimate of drug-likeness (QED) is 0.499. The molecule has 0 spiro atoms. The molecule has 0 N–H and O–H groups in total. The zero-order chi connectivity index (χ0) is 16.4. The highest BCUT2D eigenvalue weighted by Crippen LogP contribution is 2.39. The van der Waals surface area contributed by atoms with Crippen LogP contribution in [0, 0.1) is 5.92 Å². The van der Waals surface area contributed by atoms with Gasteiger partial charge < -0.3 is 0 Å². The molecule has 2 aromatic rings. The van der Waals surface area contributed by atoms with Crippen LogP contribution in [0.5, 0.6) is 0 Å². The van der Waals surface area contributed by atoms with Crippen LogP contribution in [-0.4, -0.2) is 0 Å². The lowest BCUT2D eigenvalue weighted by molar-refractivity contribution is 0.614. The van der Waals surface area contributed by atoms with E-state index in [1.165, 1.54) is 34.2 Å². The maximum Gasteiger partial charge on any atom is -0.00132 e. The van der Waals surface area contributed by atoms with Gasteiger partial charge in [-0.1, -0.05) is 85.3 Å². The normalized spacial score (nSPS) is 16.3. The smallest absolute Gasteiger partial charge is 0.00132 e. The summed E-state index contributed by atoms with van der Waals surface area (Å²) in [6.45, 7) is 2.35. The van der Waals surface area contributed by atoms with Crippen molar-refractivity contribution in [1.29, 1.82) is 0 Å². The van der Waals surface area contributed by atoms with Gasteiger partial charge in [-0.2, -0.15) is 0 Å². The lowest BCUT2D eigenvalue weighted by Gasteiger charge is -2.11. The lowest BCUT2D eigenvalue weighted by Crippen LogP contribution is -1.96. The summed E-state index contributed by atoms with van der Waals surface area (Å²) < 4.78 is 0. The lowest BCUT2D eigenvalue weighted by atomic mass is 9.94. The summed E-state index contributed by atoms with van der Waals surface area (Å²) >= 11 is 0. The second kappa shape index (κ2) is 6.65. The van der Waals surface area contributed by atoms with Gasteiger partial charge in [-0.15, -0.1) is 0 Å². The van der Waals surface area contributed by atoms with Crippen LogP contribution in [0.15, 0.2) is 72.3 Å². The molecule has 120 valence electrons. The molecule has 0 saturated heterocycles. The van der Waals surface area contributed by atoms with Crippen molar-refractivity contribution in [3.63, 3.8) is 0 Å². The number of allylic oxidation sites excluding steroid dienone is 5. The Labute approximate surface area is 145 Å². The van der Waals surface area contributed by atoms with E-state index in [2.05, 4.69) is 79.8 Å². The topological polar surface area (TPSA) is 0 Å². The third kappa shape index (κ3) is 2.89. The summed E-state index contributed by atoms with van der Waals surface area (Å²) in [5, 5.41) is 0. The van der Waals surface area contributed by atoms with Crippen molar-refractivity contribution >= 4 is 6.08 Å². The predicted octanol–water partition coefficient (Wildman–Crippen LogP) is 6.57. The Hall–Kier alpha value is -2.34. The molecule has 0 aromatic heterocycles. The highest BCUT2D eigenvalue weighted by molar-refractivity contribution is 5.84. The average molecular weight is 312 g/mol. The van der Waals surface area contributed by atoms with Gasteiger partial charge in [0, 0.05) is 0 Å². The Kier molecular flexibility index (Phi) is 4.21. The molecule has 4 rings (SSSR count). The van der Waals surface area contributed by atoms with Crippen LogP contribution in [0.1, 0.15) is 42.9 Å². The van der Waals surface area contributed by atoms with E-state index < -0.39 is 0 Å². The maximum atomic E-state index is 2.36. The van der Waals surface area contributed by atoms with E-state index in [1.807, 2.05) is 0 Å². The van der Waals surface area contributed by atoms with E-state index in [1.54, 1.807) is 5.57 Å². The largest absolute Gasteiger partial charge is 0.0839 e. The predicted molar refractivity (Wildman–Crippen MR) is 104 cm³/mol. The minimum Gasteiger partial charge on any atom is -0.0839 e. The van der Waals surface area contributed by atoms with Gasteiger partial charge in [0.1, 0.15) is 0 Å². The molecule has 24 heavy (non-hydrogen) atoms. The first-order valence-electron chi connectivity index (χ1n) is 9.05. The van der Waals surface area contributed by atoms with Crippen LogP contribution < -0.4 is 0 Å². The Balaban J connectivity index is 1.48. The SMILES string of the molecule is CC(CCC=Cc1cccc2c1-c1ccccc1C2)C1=CC=CC1. The molecule has 0 nitrogen and oxygen atoms in total. The van der Waals surface area contributed by atoms with E-state index in [9.17, 15) is 0 Å². The molecule has 0 heterocycles. The fraction of sp³-hybridized carbons (Fsp3) is 0.250. The van der Waals surface area contributed by atoms with Gasteiger partial charge in [0.05, 0.1) is 0 Å². The molecule has 0 heteroatoms. The Morgan fingerprint density at radius 1 is 1.04 bits per heavy atom. The summed E-state index contributed by atoms with van der Waals surface area (Å²) in [4.78, 5) is 0. The van der Waals surface area contributed by atoms with E-state index in [-0.39, 0.29) is 0 Å². The van der Waals surface area contributed by atoms with Gasteiger partial charge in [0.2, 0.25) is 0 Å². The molecular formula is C24H24. The van der Waals surface area contributed by atoms with Crippen LogP contribution in [-0.2, 0) is 6.42 Å². The van der Waals surface area contributed by atoms with Crippen LogP contribution in [0.2, 0.25) is 0 Å². The van der Waals surface area contributed by atoms with Crippen molar-refractivity contribution in [2.75, 3.05) is 0 Å². The standard InChI is InChI=1S/C24H24/c1-18(19-10-4-5-11-19)9-2-3-12-20-14-8-15-22-17-21-13-6-7-16-23(21)24(20)22/h3-8,10,12-16,18H,2,9,11,17H2,1H3. The summed E-state index contributed by atoms with van der Waals surface area (Å²) in [5.74, 6) is 0.687. The highest BCUT2D eigenvalue weighted by atomic mass is 14.2. The number of hydrogen-bond donors (Lipinski definition) is 0. The van der Waals surface area contributed by atoms with E-state index >= 15 is 0 Å². The summed E-state index contributed by atoms with van der Waals surface area (Å²) in [7, 11) is 0. The molecule has 2 aliphatic carbocycles. The first-order valence-corrected chi connectivity index (χ1v) is 9.05. The molecule has 0 amide bonds. The van der Waals surface area contributed by atoms with Crippen LogP contribution >= 0.6 is 0 Å². The van der Waals surface area contributed by atoms with Crippen molar-refractivity contribution < 1.29 is 0 Å². The fourth-order valence-electron chi connectivity index (χ4n) is 3.93. The van der Waals surface area contributed by atoms with Gasteiger partial charge in [0.15, 0.2) is 0 Å². The highest BCUT2D eigenvalue weighted by Gasteiger charge is 2.19. The third-order valence-electron chi connectivity index (χ3n) is 5.35. The van der Waals surface area contributed by atoms with Crippen molar-refractivity contribution in [3.8, 4) is 11.1 Å². The molecule has 1 atom stereocenters. The second-order valence-electron chi connectivity index (χ2n) is 6.97. The van der Waals surface area contributed by atoms with Gasteiger partial charge in [-0.3, -0.25) is 0 Å². The maximum absolute atomic E-state index is 2.36. The van der Waals surface area contributed by atoms with Gasteiger partial charge in [-0.05, 0) is 59.4 Å². The molecule has 2 aromatic carbocycles. The second-order valence-corrected chi connectivity index (χ2v) is 6.97. The van der Waals surface area contributed by atoms with Crippen molar-refractivity contribution in [2.45, 2.75) is 32.6 Å². The van der Waals surface area contributed by atoms with Crippen molar-refractivity contribution in [2.24, 2.45) is 5.92 Å². The number of fused-ring (bicyclic) bond motifs is 3. The van der Waals surface area contributed by atoms with Crippen LogP contribution in [0.25, 0.3) is 17.2 Å². The molecular weight excluding hydrogens is 288 g/mol. The number of benzene rings is 2. The first kappa shape index (κ1) is 15.2. The third-order valence-corrected chi connectivity index (χ3v) is 5.35. The molecule has 0 aliphatic heterocycles. The molecule has 0 fully saturated rings. The summed E-state index contributed by atoms with van der Waals surface area (Å²) in [6.07, 6.45) is 16.0. The zero-order valence-corrected chi connectivity index (χ0v) is 14.3. The van der Waals surface area contributed by atoms with E-state index in [0.29, 0.717) is 5.92 Å². The average Bonchev–Trinajstić information content (AvgIpc) is 3.26.